The lowest BCUT2D eigenvalue weighted by molar-refractivity contribution is 0.330. The Morgan fingerprint density at radius 2 is 1.94 bits per heavy atom. The first-order chi connectivity index (χ1) is 8.63. The highest BCUT2D eigenvalue weighted by molar-refractivity contribution is 5.55. The van der Waals surface area contributed by atoms with E-state index < -0.39 is 0 Å². The Bertz CT molecular complexity index is 399. The molecule has 1 aliphatic heterocycles. The predicted octanol–water partition coefficient (Wildman–Crippen LogP) is 2.21. The van der Waals surface area contributed by atoms with Crippen molar-refractivity contribution in [2.75, 3.05) is 33.1 Å². The van der Waals surface area contributed by atoms with Gasteiger partial charge in [-0.1, -0.05) is 0 Å². The van der Waals surface area contributed by atoms with Crippen molar-refractivity contribution >= 4 is 5.69 Å². The van der Waals surface area contributed by atoms with Gasteiger partial charge in [-0.15, -0.1) is 0 Å². The summed E-state index contributed by atoms with van der Waals surface area (Å²) in [5, 5.41) is 3.55. The molecule has 0 aliphatic carbocycles. The van der Waals surface area contributed by atoms with E-state index in [1.807, 2.05) is 18.2 Å². The molecule has 1 heterocycles. The molecule has 0 spiro atoms. The van der Waals surface area contributed by atoms with Gasteiger partial charge in [-0.25, -0.2) is 0 Å². The van der Waals surface area contributed by atoms with Crippen LogP contribution in [-0.4, -0.2) is 44.8 Å². The van der Waals surface area contributed by atoms with Crippen LogP contribution in [0.5, 0.6) is 11.5 Å². The number of nitrogens with zero attached hydrogens (tertiary/aromatic N) is 1. The Morgan fingerprint density at radius 3 is 2.50 bits per heavy atom. The van der Waals surface area contributed by atoms with Gasteiger partial charge in [0.15, 0.2) is 11.5 Å². The van der Waals surface area contributed by atoms with Gasteiger partial charge in [0.2, 0.25) is 0 Å². The van der Waals surface area contributed by atoms with E-state index in [1.165, 1.54) is 6.42 Å². The molecule has 1 aliphatic rings. The average molecular weight is 250 g/mol. The Morgan fingerprint density at radius 1 is 1.22 bits per heavy atom. The second-order valence-corrected chi connectivity index (χ2v) is 4.94. The van der Waals surface area contributed by atoms with Crippen LogP contribution >= 0.6 is 0 Å². The molecule has 100 valence electrons. The minimum absolute atomic E-state index is 0.503. The summed E-state index contributed by atoms with van der Waals surface area (Å²) in [5.74, 6) is 1.53. The minimum atomic E-state index is 0.503. The maximum Gasteiger partial charge on any atom is 0.162 e. The second kappa shape index (κ2) is 5.48. The smallest absolute Gasteiger partial charge is 0.162 e. The van der Waals surface area contributed by atoms with E-state index in [1.54, 1.807) is 14.2 Å². The Balaban J connectivity index is 2.06. The first-order valence-electron chi connectivity index (χ1n) is 6.33. The lowest BCUT2D eigenvalue weighted by atomic mass is 10.2. The van der Waals surface area contributed by atoms with Crippen LogP contribution in [0, 0.1) is 0 Å². The summed E-state index contributed by atoms with van der Waals surface area (Å²) in [5.41, 5.74) is 1.08. The van der Waals surface area contributed by atoms with Gasteiger partial charge in [0, 0.05) is 30.4 Å². The number of anilines is 1. The summed E-state index contributed by atoms with van der Waals surface area (Å²) in [6.45, 7) is 3.34. The van der Waals surface area contributed by atoms with Crippen LogP contribution in [0.25, 0.3) is 0 Å². The van der Waals surface area contributed by atoms with Crippen LogP contribution in [0.1, 0.15) is 13.3 Å². The van der Waals surface area contributed by atoms with Gasteiger partial charge in [-0.05, 0) is 32.5 Å². The molecule has 2 unspecified atom stereocenters. The molecule has 0 aromatic heterocycles. The summed E-state index contributed by atoms with van der Waals surface area (Å²) in [4.78, 5) is 2.37. The highest BCUT2D eigenvalue weighted by atomic mass is 16.5. The first kappa shape index (κ1) is 13.0. The molecule has 1 saturated heterocycles. The van der Waals surface area contributed by atoms with E-state index >= 15 is 0 Å². The molecular weight excluding hydrogens is 228 g/mol. The van der Waals surface area contributed by atoms with E-state index in [4.69, 9.17) is 9.47 Å². The number of likely N-dealkylation sites (tertiary alicyclic amines) is 1. The summed E-state index contributed by atoms with van der Waals surface area (Å²) in [6.07, 6.45) is 1.17. The SMILES string of the molecule is COc1ccc(NC2CC(C)N(C)C2)cc1OC. The molecule has 2 rings (SSSR count). The monoisotopic (exact) mass is 250 g/mol. The topological polar surface area (TPSA) is 33.7 Å². The molecular formula is C14H22N2O2. The van der Waals surface area contributed by atoms with Crippen LogP contribution in [0.15, 0.2) is 18.2 Å². The quantitative estimate of drug-likeness (QED) is 0.888. The van der Waals surface area contributed by atoms with Crippen LogP contribution in [0.4, 0.5) is 5.69 Å². The van der Waals surface area contributed by atoms with Crippen molar-refractivity contribution in [3.63, 3.8) is 0 Å². The Hall–Kier alpha value is -1.42. The molecule has 4 nitrogen and oxygen atoms in total. The number of rotatable bonds is 4. The standard InChI is InChI=1S/C14H22N2O2/c1-10-7-12(9-16(10)2)15-11-5-6-13(17-3)14(8-11)18-4/h5-6,8,10,12,15H,7,9H2,1-4H3. The van der Waals surface area contributed by atoms with Gasteiger partial charge in [0.1, 0.15) is 0 Å². The van der Waals surface area contributed by atoms with Crippen molar-refractivity contribution in [1.82, 2.24) is 4.90 Å². The normalized spacial score (nSPS) is 24.0. The number of ether oxygens (including phenoxy) is 2. The molecule has 2 atom stereocenters. The van der Waals surface area contributed by atoms with Gasteiger partial charge in [0.25, 0.3) is 0 Å². The molecule has 0 bridgehead atoms. The van der Waals surface area contributed by atoms with Gasteiger partial charge < -0.3 is 19.7 Å². The third-order valence-corrected chi connectivity index (χ3v) is 3.64. The number of likely N-dealkylation sites (N-methyl/N-ethyl adjacent to an activating group) is 1. The largest absolute Gasteiger partial charge is 0.493 e. The van der Waals surface area contributed by atoms with Crippen LogP contribution in [0.2, 0.25) is 0 Å². The highest BCUT2D eigenvalue weighted by Crippen LogP contribution is 2.30. The molecule has 0 saturated carbocycles. The third-order valence-electron chi connectivity index (χ3n) is 3.64. The van der Waals surface area contributed by atoms with Gasteiger partial charge in [-0.3, -0.25) is 0 Å². The molecule has 0 radical (unpaired) electrons. The van der Waals surface area contributed by atoms with Crippen LogP contribution < -0.4 is 14.8 Å². The van der Waals surface area contributed by atoms with Crippen molar-refractivity contribution in [3.8, 4) is 11.5 Å². The number of methoxy groups -OCH3 is 2. The Kier molecular flexibility index (Phi) is 3.97. The van der Waals surface area contributed by atoms with E-state index in [2.05, 4.69) is 24.2 Å². The fourth-order valence-corrected chi connectivity index (χ4v) is 2.46. The van der Waals surface area contributed by atoms with Gasteiger partial charge >= 0.3 is 0 Å². The third kappa shape index (κ3) is 2.70. The summed E-state index contributed by atoms with van der Waals surface area (Å²) in [6, 6.07) is 7.10. The molecule has 1 aromatic rings. The van der Waals surface area contributed by atoms with Crippen molar-refractivity contribution in [2.45, 2.75) is 25.4 Å². The van der Waals surface area contributed by atoms with E-state index in [9.17, 15) is 0 Å². The second-order valence-electron chi connectivity index (χ2n) is 4.94. The molecule has 4 heteroatoms. The number of hydrogen-bond acceptors (Lipinski definition) is 4. The highest BCUT2D eigenvalue weighted by Gasteiger charge is 2.25. The number of hydrogen-bond donors (Lipinski definition) is 1. The zero-order valence-electron chi connectivity index (χ0n) is 11.6. The number of benzene rings is 1. The Labute approximate surface area is 109 Å². The van der Waals surface area contributed by atoms with Crippen molar-refractivity contribution < 1.29 is 9.47 Å². The average Bonchev–Trinajstić information content (AvgIpc) is 2.68. The first-order valence-corrected chi connectivity index (χ1v) is 6.33. The fourth-order valence-electron chi connectivity index (χ4n) is 2.46. The molecule has 18 heavy (non-hydrogen) atoms. The molecule has 1 aromatic carbocycles. The molecule has 0 amide bonds. The molecule has 1 N–H and O–H groups in total. The zero-order valence-corrected chi connectivity index (χ0v) is 11.6. The maximum atomic E-state index is 5.31. The minimum Gasteiger partial charge on any atom is -0.493 e. The van der Waals surface area contributed by atoms with Crippen molar-refractivity contribution in [1.29, 1.82) is 0 Å². The zero-order chi connectivity index (χ0) is 13.1. The van der Waals surface area contributed by atoms with Crippen molar-refractivity contribution in [2.24, 2.45) is 0 Å². The predicted molar refractivity (Wildman–Crippen MR) is 73.7 cm³/mol. The molecule has 1 fully saturated rings. The van der Waals surface area contributed by atoms with Gasteiger partial charge in [0.05, 0.1) is 14.2 Å². The summed E-state index contributed by atoms with van der Waals surface area (Å²) >= 11 is 0. The van der Waals surface area contributed by atoms with E-state index in [-0.39, 0.29) is 0 Å². The number of nitrogens with one attached hydrogen (secondary N) is 1. The van der Waals surface area contributed by atoms with Crippen LogP contribution in [0.3, 0.4) is 0 Å². The van der Waals surface area contributed by atoms with E-state index in [0.29, 0.717) is 12.1 Å². The fraction of sp³-hybridized carbons (Fsp3) is 0.571. The van der Waals surface area contributed by atoms with Gasteiger partial charge in [-0.2, -0.15) is 0 Å². The van der Waals surface area contributed by atoms with Crippen molar-refractivity contribution in [3.05, 3.63) is 18.2 Å². The van der Waals surface area contributed by atoms with E-state index in [0.717, 1.165) is 23.7 Å². The lowest BCUT2D eigenvalue weighted by Crippen LogP contribution is -2.24. The summed E-state index contributed by atoms with van der Waals surface area (Å²) < 4.78 is 10.5. The summed E-state index contributed by atoms with van der Waals surface area (Å²) in [7, 11) is 5.48. The maximum absolute atomic E-state index is 5.31. The lowest BCUT2D eigenvalue weighted by Gasteiger charge is -2.16. The van der Waals surface area contributed by atoms with Crippen LogP contribution in [-0.2, 0) is 0 Å².